The summed E-state index contributed by atoms with van der Waals surface area (Å²) in [6, 6.07) is 5.67. The van der Waals surface area contributed by atoms with Crippen molar-refractivity contribution < 1.29 is 4.79 Å². The SMILES string of the molecule is Cn1c(=O)sc2cc(NC(=O)NC3CCCCC3)ccc21. The molecule has 0 saturated heterocycles. The highest BCUT2D eigenvalue weighted by molar-refractivity contribution is 7.16. The van der Waals surface area contributed by atoms with E-state index in [9.17, 15) is 9.59 Å². The summed E-state index contributed by atoms with van der Waals surface area (Å²) in [6.07, 6.45) is 5.77. The molecule has 0 bridgehead atoms. The number of anilines is 1. The minimum Gasteiger partial charge on any atom is -0.335 e. The monoisotopic (exact) mass is 305 g/mol. The number of nitrogens with one attached hydrogen (secondary N) is 2. The van der Waals surface area contributed by atoms with Gasteiger partial charge in [-0.25, -0.2) is 4.79 Å². The molecule has 2 aromatic rings. The van der Waals surface area contributed by atoms with Crippen molar-refractivity contribution in [2.24, 2.45) is 7.05 Å². The van der Waals surface area contributed by atoms with Crippen LogP contribution in [-0.4, -0.2) is 16.6 Å². The first kappa shape index (κ1) is 14.1. The lowest BCUT2D eigenvalue weighted by Gasteiger charge is -2.22. The van der Waals surface area contributed by atoms with Crippen LogP contribution >= 0.6 is 11.3 Å². The van der Waals surface area contributed by atoms with E-state index in [-0.39, 0.29) is 16.9 Å². The molecule has 1 aliphatic rings. The fourth-order valence-electron chi connectivity index (χ4n) is 2.81. The summed E-state index contributed by atoms with van der Waals surface area (Å²) in [4.78, 5) is 23.6. The van der Waals surface area contributed by atoms with Crippen LogP contribution in [0.15, 0.2) is 23.0 Å². The largest absolute Gasteiger partial charge is 0.335 e. The van der Waals surface area contributed by atoms with E-state index in [1.54, 1.807) is 11.6 Å². The lowest BCUT2D eigenvalue weighted by molar-refractivity contribution is 0.244. The molecule has 112 valence electrons. The third-order valence-electron chi connectivity index (χ3n) is 3.99. The number of nitrogens with zero attached hydrogens (tertiary/aromatic N) is 1. The van der Waals surface area contributed by atoms with Gasteiger partial charge in [0.05, 0.1) is 10.2 Å². The summed E-state index contributed by atoms with van der Waals surface area (Å²) in [5.74, 6) is 0. The first-order valence-corrected chi connectivity index (χ1v) is 8.12. The van der Waals surface area contributed by atoms with Crippen molar-refractivity contribution in [2.45, 2.75) is 38.1 Å². The zero-order valence-corrected chi connectivity index (χ0v) is 12.8. The van der Waals surface area contributed by atoms with Crippen molar-refractivity contribution in [3.8, 4) is 0 Å². The average Bonchev–Trinajstić information content (AvgIpc) is 2.74. The summed E-state index contributed by atoms with van der Waals surface area (Å²) >= 11 is 1.19. The van der Waals surface area contributed by atoms with E-state index in [2.05, 4.69) is 10.6 Å². The van der Waals surface area contributed by atoms with Crippen LogP contribution in [-0.2, 0) is 7.05 Å². The third kappa shape index (κ3) is 3.10. The van der Waals surface area contributed by atoms with Crippen molar-refractivity contribution in [3.05, 3.63) is 27.9 Å². The van der Waals surface area contributed by atoms with Crippen molar-refractivity contribution in [1.29, 1.82) is 0 Å². The molecule has 1 saturated carbocycles. The van der Waals surface area contributed by atoms with Gasteiger partial charge in [-0.2, -0.15) is 0 Å². The van der Waals surface area contributed by atoms with E-state index >= 15 is 0 Å². The van der Waals surface area contributed by atoms with Gasteiger partial charge in [0.25, 0.3) is 0 Å². The van der Waals surface area contributed by atoms with Gasteiger partial charge in [0, 0.05) is 18.8 Å². The summed E-state index contributed by atoms with van der Waals surface area (Å²) in [5, 5.41) is 5.87. The highest BCUT2D eigenvalue weighted by Crippen LogP contribution is 2.21. The van der Waals surface area contributed by atoms with E-state index in [0.29, 0.717) is 0 Å². The Bertz CT molecular complexity index is 713. The molecule has 6 heteroatoms. The predicted molar refractivity (Wildman–Crippen MR) is 86.1 cm³/mol. The lowest BCUT2D eigenvalue weighted by Crippen LogP contribution is -2.38. The molecule has 5 nitrogen and oxygen atoms in total. The summed E-state index contributed by atoms with van der Waals surface area (Å²) in [6.45, 7) is 0. The van der Waals surface area contributed by atoms with E-state index in [0.717, 1.165) is 28.7 Å². The highest BCUT2D eigenvalue weighted by atomic mass is 32.1. The number of carbonyl (C=O) groups is 1. The molecular formula is C15H19N3O2S. The zero-order chi connectivity index (χ0) is 14.8. The van der Waals surface area contributed by atoms with E-state index in [1.807, 2.05) is 18.2 Å². The molecule has 2 amide bonds. The number of hydrogen-bond acceptors (Lipinski definition) is 3. The van der Waals surface area contributed by atoms with Gasteiger partial charge in [0.1, 0.15) is 0 Å². The number of benzene rings is 1. The molecule has 1 aromatic heterocycles. The minimum atomic E-state index is -0.162. The molecule has 3 rings (SSSR count). The predicted octanol–water partition coefficient (Wildman–Crippen LogP) is 3.05. The minimum absolute atomic E-state index is 0.00815. The van der Waals surface area contributed by atoms with Gasteiger partial charge in [-0.05, 0) is 31.0 Å². The van der Waals surface area contributed by atoms with Gasteiger partial charge in [0.2, 0.25) is 0 Å². The Balaban J connectivity index is 1.69. The second-order valence-electron chi connectivity index (χ2n) is 5.54. The van der Waals surface area contributed by atoms with Crippen molar-refractivity contribution in [3.63, 3.8) is 0 Å². The van der Waals surface area contributed by atoms with Crippen LogP contribution in [0.1, 0.15) is 32.1 Å². The van der Waals surface area contributed by atoms with Crippen LogP contribution < -0.4 is 15.5 Å². The van der Waals surface area contributed by atoms with Gasteiger partial charge in [0.15, 0.2) is 0 Å². The Morgan fingerprint density at radius 3 is 2.81 bits per heavy atom. The number of urea groups is 1. The van der Waals surface area contributed by atoms with Crippen molar-refractivity contribution >= 4 is 33.3 Å². The van der Waals surface area contributed by atoms with Gasteiger partial charge in [-0.3, -0.25) is 4.79 Å². The molecule has 1 aliphatic carbocycles. The maximum absolute atomic E-state index is 12.0. The summed E-state index contributed by atoms with van der Waals surface area (Å²) < 4.78 is 2.50. The zero-order valence-electron chi connectivity index (χ0n) is 12.0. The van der Waals surface area contributed by atoms with Crippen LogP contribution in [0.5, 0.6) is 0 Å². The molecule has 0 aliphatic heterocycles. The Kier molecular flexibility index (Phi) is 3.96. The average molecular weight is 305 g/mol. The molecule has 1 heterocycles. The van der Waals surface area contributed by atoms with Crippen LogP contribution in [0, 0.1) is 0 Å². The van der Waals surface area contributed by atoms with Crippen LogP contribution in [0.25, 0.3) is 10.2 Å². The Hall–Kier alpha value is -1.82. The number of fused-ring (bicyclic) bond motifs is 1. The molecule has 0 spiro atoms. The van der Waals surface area contributed by atoms with E-state index in [4.69, 9.17) is 0 Å². The topological polar surface area (TPSA) is 63.1 Å². The molecular weight excluding hydrogens is 286 g/mol. The summed E-state index contributed by atoms with van der Waals surface area (Å²) in [5.41, 5.74) is 1.61. The number of aryl methyl sites for hydroxylation is 1. The molecule has 2 N–H and O–H groups in total. The van der Waals surface area contributed by atoms with Gasteiger partial charge < -0.3 is 15.2 Å². The van der Waals surface area contributed by atoms with Crippen molar-refractivity contribution in [1.82, 2.24) is 9.88 Å². The first-order valence-electron chi connectivity index (χ1n) is 7.30. The molecule has 0 unspecified atom stereocenters. The maximum Gasteiger partial charge on any atom is 0.319 e. The highest BCUT2D eigenvalue weighted by Gasteiger charge is 2.15. The summed E-state index contributed by atoms with van der Waals surface area (Å²) in [7, 11) is 1.75. The lowest BCUT2D eigenvalue weighted by atomic mass is 9.96. The third-order valence-corrected chi connectivity index (χ3v) is 4.99. The number of thiazole rings is 1. The smallest absolute Gasteiger partial charge is 0.319 e. The standard InChI is InChI=1S/C15H19N3O2S/c1-18-12-8-7-11(9-13(12)21-15(18)20)17-14(19)16-10-5-3-2-4-6-10/h7-10H,2-6H2,1H3,(H2,16,17,19). The van der Waals surface area contributed by atoms with Gasteiger partial charge in [-0.15, -0.1) is 0 Å². The fraction of sp³-hybridized carbons (Fsp3) is 0.467. The molecule has 0 radical (unpaired) electrons. The normalized spacial score (nSPS) is 16.0. The van der Waals surface area contributed by atoms with E-state index < -0.39 is 0 Å². The number of carbonyl (C=O) groups excluding carboxylic acids is 1. The molecule has 1 aromatic carbocycles. The first-order chi connectivity index (χ1) is 10.1. The Labute approximate surface area is 127 Å². The maximum atomic E-state index is 12.0. The Morgan fingerprint density at radius 2 is 2.05 bits per heavy atom. The number of amides is 2. The Morgan fingerprint density at radius 1 is 1.29 bits per heavy atom. The second kappa shape index (κ2) is 5.89. The molecule has 1 fully saturated rings. The molecule has 21 heavy (non-hydrogen) atoms. The fourth-order valence-corrected chi connectivity index (χ4v) is 3.73. The number of rotatable bonds is 2. The number of aromatic nitrogens is 1. The van der Waals surface area contributed by atoms with Gasteiger partial charge in [-0.1, -0.05) is 30.6 Å². The number of hydrogen-bond donors (Lipinski definition) is 2. The van der Waals surface area contributed by atoms with Crippen LogP contribution in [0.4, 0.5) is 10.5 Å². The van der Waals surface area contributed by atoms with E-state index in [1.165, 1.54) is 30.6 Å². The second-order valence-corrected chi connectivity index (χ2v) is 6.54. The van der Waals surface area contributed by atoms with Crippen LogP contribution in [0.3, 0.4) is 0 Å². The quantitative estimate of drug-likeness (QED) is 0.895. The van der Waals surface area contributed by atoms with Crippen molar-refractivity contribution in [2.75, 3.05) is 5.32 Å². The molecule has 0 atom stereocenters. The van der Waals surface area contributed by atoms with Crippen LogP contribution in [0.2, 0.25) is 0 Å². The van der Waals surface area contributed by atoms with Gasteiger partial charge >= 0.3 is 10.9 Å².